The molecule has 1 radical (unpaired) electrons. The van der Waals surface area contributed by atoms with Crippen LogP contribution in [0.25, 0.3) is 0 Å². The summed E-state index contributed by atoms with van der Waals surface area (Å²) < 4.78 is 0. The van der Waals surface area contributed by atoms with Gasteiger partial charge in [0, 0.05) is 0 Å². The quantitative estimate of drug-likeness (QED) is 0.524. The Bertz CT molecular complexity index is 15.0. The van der Waals surface area contributed by atoms with E-state index < -0.39 is 0 Å². The zero-order valence-electron chi connectivity index (χ0n) is 4.40. The molecule has 0 rings (SSSR count). The van der Waals surface area contributed by atoms with Crippen LogP contribution < -0.4 is 0 Å². The van der Waals surface area contributed by atoms with Gasteiger partial charge in [0.25, 0.3) is 0 Å². The SMILES string of the molecule is C[CH2][Ga][CH2]C.I. The van der Waals surface area contributed by atoms with Crippen molar-refractivity contribution in [1.82, 2.24) is 0 Å². The summed E-state index contributed by atoms with van der Waals surface area (Å²) in [5.74, 6) is 0. The fourth-order valence-corrected chi connectivity index (χ4v) is 1.50. The van der Waals surface area contributed by atoms with Crippen molar-refractivity contribution < 1.29 is 0 Å². The Morgan fingerprint density at radius 3 is 1.50 bits per heavy atom. The molecule has 0 aliphatic carbocycles. The van der Waals surface area contributed by atoms with Crippen LogP contribution in [0.5, 0.6) is 0 Å². The number of hydrogen-bond acceptors (Lipinski definition) is 0. The number of halogens is 1. The molecule has 0 bridgehead atoms. The van der Waals surface area contributed by atoms with E-state index in [1.165, 1.54) is 9.95 Å². The number of rotatable bonds is 2. The fourth-order valence-electron chi connectivity index (χ4n) is 0.289. The first kappa shape index (κ1) is 10.4. The first-order valence-electron chi connectivity index (χ1n) is 2.23. The molecule has 0 heterocycles. The monoisotopic (exact) mass is 255 g/mol. The van der Waals surface area contributed by atoms with E-state index in [4.69, 9.17) is 0 Å². The van der Waals surface area contributed by atoms with E-state index in [0.29, 0.717) is 17.4 Å². The molecule has 0 spiro atoms. The average Bonchev–Trinajstić information content (AvgIpc) is 1.41. The third-order valence-electron chi connectivity index (χ3n) is 0.577. The maximum Gasteiger partial charge on any atom is -0.107 e. The molecule has 0 aliphatic heterocycles. The van der Waals surface area contributed by atoms with Gasteiger partial charge in [0.1, 0.15) is 0 Å². The van der Waals surface area contributed by atoms with E-state index in [-0.39, 0.29) is 24.0 Å². The van der Waals surface area contributed by atoms with E-state index in [2.05, 4.69) is 13.8 Å². The average molecular weight is 256 g/mol. The molecule has 2 heteroatoms. The first-order valence-corrected chi connectivity index (χ1v) is 5.66. The Kier molecular flexibility index (Phi) is 16.6. The van der Waals surface area contributed by atoms with Crippen molar-refractivity contribution in [3.8, 4) is 0 Å². The standard InChI is InChI=1S/2C2H5.Ga.HI/c2*1-2;;/h2*1H2,2H3;;1H. The molecule has 0 N–H and O–H groups in total. The zero-order chi connectivity index (χ0) is 4.12. The fraction of sp³-hybridized carbons (Fsp3) is 1.00. The normalized spacial score (nSPS) is 6.33. The molecule has 0 saturated carbocycles. The maximum atomic E-state index is 2.28. The molecule has 0 aromatic rings. The van der Waals surface area contributed by atoms with Crippen molar-refractivity contribution in [2.24, 2.45) is 0 Å². The predicted molar refractivity (Wildman–Crippen MR) is 42.1 cm³/mol. The van der Waals surface area contributed by atoms with Crippen LogP contribution in [-0.4, -0.2) is 17.4 Å². The van der Waals surface area contributed by atoms with Crippen molar-refractivity contribution in [2.75, 3.05) is 0 Å². The molecule has 0 aromatic heterocycles. The van der Waals surface area contributed by atoms with Gasteiger partial charge in [0.2, 0.25) is 0 Å². The first-order chi connectivity index (χ1) is 2.41. The summed E-state index contributed by atoms with van der Waals surface area (Å²) in [6, 6.07) is 0. The van der Waals surface area contributed by atoms with E-state index in [0.717, 1.165) is 0 Å². The molecule has 0 unspecified atom stereocenters. The molecule has 0 amide bonds. The van der Waals surface area contributed by atoms with Gasteiger partial charge in [-0.1, -0.05) is 0 Å². The Morgan fingerprint density at radius 1 is 1.17 bits per heavy atom. The maximum absolute atomic E-state index is 2.28. The second-order valence-corrected chi connectivity index (χ2v) is 5.74. The van der Waals surface area contributed by atoms with Crippen LogP contribution >= 0.6 is 24.0 Å². The van der Waals surface area contributed by atoms with Gasteiger partial charge in [-0.05, 0) is 0 Å². The largest absolute Gasteiger partial charge is 0.107 e. The van der Waals surface area contributed by atoms with Gasteiger partial charge < -0.3 is 0 Å². The van der Waals surface area contributed by atoms with Crippen molar-refractivity contribution in [3.05, 3.63) is 0 Å². The summed E-state index contributed by atoms with van der Waals surface area (Å²) in [6.07, 6.45) is 0. The van der Waals surface area contributed by atoms with Crippen molar-refractivity contribution in [3.63, 3.8) is 0 Å². The van der Waals surface area contributed by atoms with Gasteiger partial charge >= 0.3 is 41.2 Å². The zero-order valence-corrected chi connectivity index (χ0v) is 9.15. The van der Waals surface area contributed by atoms with Gasteiger partial charge in [-0.15, -0.1) is 24.0 Å². The summed E-state index contributed by atoms with van der Waals surface area (Å²) >= 11 is 0.312. The third-order valence-corrected chi connectivity index (χ3v) is 3.00. The van der Waals surface area contributed by atoms with Gasteiger partial charge in [-0.3, -0.25) is 0 Å². The van der Waals surface area contributed by atoms with E-state index in [1.807, 2.05) is 0 Å². The van der Waals surface area contributed by atoms with Gasteiger partial charge in [-0.2, -0.15) is 0 Å². The Hall–Kier alpha value is 1.37. The minimum absolute atomic E-state index is 0. The molecule has 6 heavy (non-hydrogen) atoms. The van der Waals surface area contributed by atoms with E-state index >= 15 is 0 Å². The van der Waals surface area contributed by atoms with Crippen LogP contribution in [-0.2, 0) is 0 Å². The van der Waals surface area contributed by atoms with E-state index in [1.54, 1.807) is 0 Å². The van der Waals surface area contributed by atoms with Gasteiger partial charge in [-0.25, -0.2) is 0 Å². The molecule has 0 atom stereocenters. The minimum Gasteiger partial charge on any atom is -0.107 e. The molecular weight excluding hydrogens is 245 g/mol. The Morgan fingerprint density at radius 2 is 1.50 bits per heavy atom. The molecule has 37 valence electrons. The second kappa shape index (κ2) is 9.62. The van der Waals surface area contributed by atoms with Crippen LogP contribution in [0.1, 0.15) is 13.8 Å². The van der Waals surface area contributed by atoms with Crippen LogP contribution in [0.3, 0.4) is 0 Å². The summed E-state index contributed by atoms with van der Waals surface area (Å²) in [7, 11) is 0. The second-order valence-electron chi connectivity index (χ2n) is 1.11. The summed E-state index contributed by atoms with van der Waals surface area (Å²) in [4.78, 5) is 3.00. The Balaban J connectivity index is 0. The van der Waals surface area contributed by atoms with Crippen LogP contribution in [0.15, 0.2) is 0 Å². The van der Waals surface area contributed by atoms with Crippen molar-refractivity contribution in [1.29, 1.82) is 0 Å². The summed E-state index contributed by atoms with van der Waals surface area (Å²) in [6.45, 7) is 4.56. The number of hydrogen-bond donors (Lipinski definition) is 0. The summed E-state index contributed by atoms with van der Waals surface area (Å²) in [5.41, 5.74) is 0. The van der Waals surface area contributed by atoms with Crippen LogP contribution in [0, 0.1) is 0 Å². The van der Waals surface area contributed by atoms with Crippen LogP contribution in [0.4, 0.5) is 0 Å². The topological polar surface area (TPSA) is 0 Å². The Labute approximate surface area is 64.9 Å². The molecule has 0 nitrogen and oxygen atoms in total. The van der Waals surface area contributed by atoms with Crippen molar-refractivity contribution in [2.45, 2.75) is 23.8 Å². The molecule has 0 fully saturated rings. The molecule has 0 saturated heterocycles. The molecule has 0 aromatic carbocycles. The smallest absolute Gasteiger partial charge is 0.107 e. The summed E-state index contributed by atoms with van der Waals surface area (Å²) in [5, 5.41) is 0. The molecule has 0 aliphatic rings. The molecular formula is C4H11GaI. The van der Waals surface area contributed by atoms with E-state index in [9.17, 15) is 0 Å². The van der Waals surface area contributed by atoms with Crippen molar-refractivity contribution >= 4 is 41.4 Å². The van der Waals surface area contributed by atoms with Gasteiger partial charge in [0.15, 0.2) is 0 Å². The predicted octanol–water partition coefficient (Wildman–Crippen LogP) is 2.19. The van der Waals surface area contributed by atoms with Crippen LogP contribution in [0.2, 0.25) is 9.95 Å². The minimum atomic E-state index is 0. The van der Waals surface area contributed by atoms with Gasteiger partial charge in [0.05, 0.1) is 0 Å². The third kappa shape index (κ3) is 9.03.